The maximum Gasteiger partial charge on any atom is 0.227 e. The number of carbonyl (C=O) groups is 2. The van der Waals surface area contributed by atoms with Gasteiger partial charge < -0.3 is 19.7 Å². The van der Waals surface area contributed by atoms with Crippen molar-refractivity contribution in [3.05, 3.63) is 85.6 Å². The number of hydrogen-bond donors (Lipinski definition) is 2. The van der Waals surface area contributed by atoms with E-state index in [0.29, 0.717) is 54.1 Å². The van der Waals surface area contributed by atoms with Gasteiger partial charge in [-0.3, -0.25) is 9.59 Å². The second kappa shape index (κ2) is 13.6. The topological polar surface area (TPSA) is 136 Å². The first-order chi connectivity index (χ1) is 19.0. The molecule has 200 valence electrons. The van der Waals surface area contributed by atoms with Gasteiger partial charge >= 0.3 is 0 Å². The Labute approximate surface area is 226 Å². The van der Waals surface area contributed by atoms with Crippen LogP contribution in [0.25, 0.3) is 22.8 Å². The molecule has 0 aliphatic carbocycles. The third kappa shape index (κ3) is 8.06. The molecule has 4 rings (SSSR count). The Morgan fingerprint density at radius 1 is 0.692 bits per heavy atom. The van der Waals surface area contributed by atoms with Gasteiger partial charge in [-0.05, 0) is 67.8 Å². The summed E-state index contributed by atoms with van der Waals surface area (Å²) in [6.07, 6.45) is 7.28. The Bertz CT molecular complexity index is 1300. The Hall–Kier alpha value is -4.86. The fourth-order valence-electron chi connectivity index (χ4n) is 3.66. The summed E-state index contributed by atoms with van der Waals surface area (Å²) in [5.74, 6) is 1.77. The summed E-state index contributed by atoms with van der Waals surface area (Å²) in [6.45, 7) is 7.37. The lowest BCUT2D eigenvalue weighted by atomic mass is 10.1. The van der Waals surface area contributed by atoms with Gasteiger partial charge in [0.15, 0.2) is 0 Å². The van der Waals surface area contributed by atoms with Crippen LogP contribution in [0.4, 0.5) is 11.4 Å². The van der Waals surface area contributed by atoms with Crippen LogP contribution in [0, 0.1) is 0 Å². The SMILES string of the molecule is C=CCCc1nc(-c2ccc(NC(=O)CCCC(=O)Nc3ccc(-c4noc(CCC=C)n4)cc3)cc2)no1. The molecule has 10 nitrogen and oxygen atoms in total. The molecule has 10 heteroatoms. The van der Waals surface area contributed by atoms with E-state index in [1.165, 1.54) is 0 Å². The number of amides is 2. The molecule has 0 unspecified atom stereocenters. The van der Waals surface area contributed by atoms with Gasteiger partial charge in [-0.1, -0.05) is 22.5 Å². The van der Waals surface area contributed by atoms with E-state index in [9.17, 15) is 9.59 Å². The van der Waals surface area contributed by atoms with E-state index in [-0.39, 0.29) is 24.7 Å². The molecule has 0 aliphatic rings. The third-order valence-electron chi connectivity index (χ3n) is 5.72. The van der Waals surface area contributed by atoms with Crippen LogP contribution in [0.2, 0.25) is 0 Å². The minimum Gasteiger partial charge on any atom is -0.339 e. The van der Waals surface area contributed by atoms with Crippen molar-refractivity contribution < 1.29 is 18.6 Å². The van der Waals surface area contributed by atoms with Gasteiger partial charge in [-0.15, -0.1) is 13.2 Å². The summed E-state index contributed by atoms with van der Waals surface area (Å²) in [6, 6.07) is 14.4. The van der Waals surface area contributed by atoms with E-state index >= 15 is 0 Å². The molecule has 0 bridgehead atoms. The lowest BCUT2D eigenvalue weighted by molar-refractivity contribution is -0.117. The maximum absolute atomic E-state index is 12.3. The number of nitrogens with zero attached hydrogens (tertiary/aromatic N) is 4. The first kappa shape index (κ1) is 27.2. The average molecular weight is 527 g/mol. The molecule has 0 saturated carbocycles. The van der Waals surface area contributed by atoms with Crippen LogP contribution in [-0.4, -0.2) is 32.1 Å². The molecule has 0 atom stereocenters. The van der Waals surface area contributed by atoms with E-state index in [1.807, 2.05) is 24.3 Å². The fraction of sp³-hybridized carbons (Fsp3) is 0.241. The molecule has 2 heterocycles. The zero-order valence-corrected chi connectivity index (χ0v) is 21.6. The van der Waals surface area contributed by atoms with Crippen molar-refractivity contribution in [2.75, 3.05) is 10.6 Å². The zero-order chi connectivity index (χ0) is 27.5. The summed E-state index contributed by atoms with van der Waals surface area (Å²) in [4.78, 5) is 33.4. The van der Waals surface area contributed by atoms with E-state index in [1.54, 1.807) is 36.4 Å². The second-order valence-electron chi connectivity index (χ2n) is 8.78. The number of anilines is 2. The standard InChI is InChI=1S/C29H30N6O4/c1-3-5-10-26-32-28(34-38-26)20-12-16-22(17-13-20)30-24(36)8-7-9-25(37)31-23-18-14-21(15-19-23)29-33-27(39-35-29)11-6-4-2/h3-4,12-19H,1-2,5-11H2,(H,30,36)(H,31,37). The Kier molecular flexibility index (Phi) is 9.49. The number of allylic oxidation sites excluding steroid dienone is 2. The number of aryl methyl sites for hydroxylation is 2. The molecular weight excluding hydrogens is 496 g/mol. The Balaban J connectivity index is 1.18. The van der Waals surface area contributed by atoms with Gasteiger partial charge in [0.2, 0.25) is 35.2 Å². The van der Waals surface area contributed by atoms with Crippen molar-refractivity contribution in [3.8, 4) is 22.8 Å². The molecule has 0 aliphatic heterocycles. The summed E-state index contributed by atoms with van der Waals surface area (Å²) in [7, 11) is 0. The number of hydrogen-bond acceptors (Lipinski definition) is 8. The fourth-order valence-corrected chi connectivity index (χ4v) is 3.66. The number of carbonyl (C=O) groups excluding carboxylic acids is 2. The van der Waals surface area contributed by atoms with Crippen molar-refractivity contribution >= 4 is 23.2 Å². The molecule has 2 aromatic heterocycles. The number of rotatable bonds is 14. The van der Waals surface area contributed by atoms with Crippen LogP contribution in [0.15, 0.2) is 82.9 Å². The summed E-state index contributed by atoms with van der Waals surface area (Å²) >= 11 is 0. The first-order valence-corrected chi connectivity index (χ1v) is 12.7. The normalized spacial score (nSPS) is 10.7. The molecule has 2 aromatic carbocycles. The second-order valence-corrected chi connectivity index (χ2v) is 8.78. The van der Waals surface area contributed by atoms with Crippen LogP contribution in [0.1, 0.15) is 43.9 Å². The highest BCUT2D eigenvalue weighted by molar-refractivity contribution is 5.93. The largest absolute Gasteiger partial charge is 0.339 e. The highest BCUT2D eigenvalue weighted by Gasteiger charge is 2.11. The quantitative estimate of drug-likeness (QED) is 0.198. The highest BCUT2D eigenvalue weighted by atomic mass is 16.5. The molecule has 0 radical (unpaired) electrons. The molecule has 2 N–H and O–H groups in total. The molecule has 0 saturated heterocycles. The number of aromatic nitrogens is 4. The van der Waals surface area contributed by atoms with Crippen LogP contribution in [0.3, 0.4) is 0 Å². The molecule has 4 aromatic rings. The first-order valence-electron chi connectivity index (χ1n) is 12.7. The maximum atomic E-state index is 12.3. The van der Waals surface area contributed by atoms with Crippen molar-refractivity contribution in [2.24, 2.45) is 0 Å². The zero-order valence-electron chi connectivity index (χ0n) is 21.6. The lowest BCUT2D eigenvalue weighted by Crippen LogP contribution is -2.14. The van der Waals surface area contributed by atoms with E-state index in [2.05, 4.69) is 44.1 Å². The summed E-state index contributed by atoms with van der Waals surface area (Å²) < 4.78 is 10.5. The predicted molar refractivity (Wildman–Crippen MR) is 148 cm³/mol. The van der Waals surface area contributed by atoms with Gasteiger partial charge in [0, 0.05) is 48.2 Å². The van der Waals surface area contributed by atoms with Crippen molar-refractivity contribution in [2.45, 2.75) is 44.9 Å². The molecule has 2 amide bonds. The number of nitrogens with one attached hydrogen (secondary N) is 2. The van der Waals surface area contributed by atoms with Gasteiger partial charge in [-0.2, -0.15) is 9.97 Å². The minimum atomic E-state index is -0.168. The Morgan fingerprint density at radius 2 is 1.10 bits per heavy atom. The predicted octanol–water partition coefficient (Wildman–Crippen LogP) is 5.77. The summed E-state index contributed by atoms with van der Waals surface area (Å²) in [5.41, 5.74) is 2.88. The van der Waals surface area contributed by atoms with Crippen molar-refractivity contribution in [1.82, 2.24) is 20.3 Å². The molecule has 39 heavy (non-hydrogen) atoms. The van der Waals surface area contributed by atoms with E-state index < -0.39 is 0 Å². The van der Waals surface area contributed by atoms with E-state index in [0.717, 1.165) is 24.0 Å². The van der Waals surface area contributed by atoms with Crippen molar-refractivity contribution in [1.29, 1.82) is 0 Å². The molecular formula is C29H30N6O4. The third-order valence-corrected chi connectivity index (χ3v) is 5.72. The van der Waals surface area contributed by atoms with Gasteiger partial charge in [0.1, 0.15) is 0 Å². The van der Waals surface area contributed by atoms with Crippen LogP contribution in [-0.2, 0) is 22.4 Å². The number of benzene rings is 2. The Morgan fingerprint density at radius 3 is 1.49 bits per heavy atom. The molecule has 0 fully saturated rings. The highest BCUT2D eigenvalue weighted by Crippen LogP contribution is 2.21. The molecule has 0 spiro atoms. The van der Waals surface area contributed by atoms with Crippen LogP contribution >= 0.6 is 0 Å². The van der Waals surface area contributed by atoms with E-state index in [4.69, 9.17) is 9.05 Å². The van der Waals surface area contributed by atoms with Crippen molar-refractivity contribution in [3.63, 3.8) is 0 Å². The van der Waals surface area contributed by atoms with Crippen LogP contribution < -0.4 is 10.6 Å². The van der Waals surface area contributed by atoms with Crippen LogP contribution in [0.5, 0.6) is 0 Å². The lowest BCUT2D eigenvalue weighted by Gasteiger charge is -2.07. The van der Waals surface area contributed by atoms with Gasteiger partial charge in [0.05, 0.1) is 0 Å². The summed E-state index contributed by atoms with van der Waals surface area (Å²) in [5, 5.41) is 13.7. The van der Waals surface area contributed by atoms with Gasteiger partial charge in [0.25, 0.3) is 0 Å². The van der Waals surface area contributed by atoms with Gasteiger partial charge in [-0.25, -0.2) is 0 Å². The minimum absolute atomic E-state index is 0.168. The average Bonchev–Trinajstić information content (AvgIpc) is 3.62. The smallest absolute Gasteiger partial charge is 0.227 e. The monoisotopic (exact) mass is 526 g/mol.